The number of aliphatic carboxylic acids is 1. The van der Waals surface area contributed by atoms with Gasteiger partial charge in [0.05, 0.1) is 11.8 Å². The Hall–Kier alpha value is -1.62. The Balaban J connectivity index is 2.37. The van der Waals surface area contributed by atoms with Gasteiger partial charge in [0.2, 0.25) is 0 Å². The monoisotopic (exact) mass is 404 g/mol. The van der Waals surface area contributed by atoms with E-state index in [1.807, 2.05) is 18.2 Å². The number of hydrogen-bond acceptors (Lipinski definition) is 3. The molecule has 2 unspecified atom stereocenters. The van der Waals surface area contributed by atoms with Crippen molar-refractivity contribution in [2.24, 2.45) is 11.8 Å². The van der Waals surface area contributed by atoms with Crippen LogP contribution in [-0.4, -0.2) is 25.4 Å². The minimum atomic E-state index is -2.60. The highest BCUT2D eigenvalue weighted by Crippen LogP contribution is 2.53. The fourth-order valence-electron chi connectivity index (χ4n) is 5.63. The number of rotatable bonds is 8. The molecule has 1 aromatic carbocycles. The SMILES string of the molecule is CC(C)[Si](OC(=O)C1CCCC1C(=O)O)(C(C)C)C(C)(C)Cc1ccccc1. The normalized spacial score (nSPS) is 20.6. The molecule has 0 saturated heterocycles. The van der Waals surface area contributed by atoms with E-state index in [4.69, 9.17) is 4.43 Å². The first-order chi connectivity index (χ1) is 13.0. The minimum Gasteiger partial charge on any atom is -0.518 e. The Bertz CT molecular complexity index is 673. The van der Waals surface area contributed by atoms with Gasteiger partial charge in [-0.25, -0.2) is 0 Å². The fourth-order valence-corrected chi connectivity index (χ4v) is 11.8. The van der Waals surface area contributed by atoms with Crippen LogP contribution >= 0.6 is 0 Å². The van der Waals surface area contributed by atoms with Crippen molar-refractivity contribution < 1.29 is 19.1 Å². The zero-order valence-electron chi connectivity index (χ0n) is 18.2. The summed E-state index contributed by atoms with van der Waals surface area (Å²) in [5.41, 5.74) is 1.71. The second-order valence-electron chi connectivity index (χ2n) is 9.55. The summed E-state index contributed by atoms with van der Waals surface area (Å²) < 4.78 is 6.50. The van der Waals surface area contributed by atoms with Crippen LogP contribution in [0.1, 0.15) is 66.4 Å². The maximum atomic E-state index is 13.2. The largest absolute Gasteiger partial charge is 0.518 e. The average molecular weight is 405 g/mol. The van der Waals surface area contributed by atoms with Gasteiger partial charge in [0, 0.05) is 0 Å². The van der Waals surface area contributed by atoms with E-state index in [2.05, 4.69) is 53.7 Å². The summed E-state index contributed by atoms with van der Waals surface area (Å²) in [5.74, 6) is -2.25. The minimum absolute atomic E-state index is 0.177. The van der Waals surface area contributed by atoms with Crippen molar-refractivity contribution >= 4 is 20.3 Å². The quantitative estimate of drug-likeness (QED) is 0.555. The van der Waals surface area contributed by atoms with Crippen LogP contribution in [0.5, 0.6) is 0 Å². The van der Waals surface area contributed by atoms with Gasteiger partial charge < -0.3 is 9.53 Å². The van der Waals surface area contributed by atoms with Crippen molar-refractivity contribution in [1.29, 1.82) is 0 Å². The molecular formula is C23H36O4Si. The van der Waals surface area contributed by atoms with Crippen LogP contribution < -0.4 is 0 Å². The summed E-state index contributed by atoms with van der Waals surface area (Å²) in [5, 5.41) is 9.33. The van der Waals surface area contributed by atoms with Gasteiger partial charge in [0.15, 0.2) is 0 Å². The molecule has 0 radical (unpaired) electrons. The molecule has 5 heteroatoms. The molecule has 1 aromatic rings. The number of hydrogen-bond donors (Lipinski definition) is 1. The van der Waals surface area contributed by atoms with E-state index in [-0.39, 0.29) is 22.1 Å². The van der Waals surface area contributed by atoms with E-state index in [9.17, 15) is 14.7 Å². The lowest BCUT2D eigenvalue weighted by Crippen LogP contribution is -2.56. The Kier molecular flexibility index (Phi) is 7.13. The molecule has 1 N–H and O–H groups in total. The summed E-state index contributed by atoms with van der Waals surface area (Å²) in [6.07, 6.45) is 2.81. The van der Waals surface area contributed by atoms with Crippen LogP contribution in [0.15, 0.2) is 30.3 Å². The molecule has 1 aliphatic rings. The summed E-state index contributed by atoms with van der Waals surface area (Å²) in [4.78, 5) is 24.8. The molecule has 28 heavy (non-hydrogen) atoms. The smallest absolute Gasteiger partial charge is 0.307 e. The van der Waals surface area contributed by atoms with Crippen LogP contribution in [0.3, 0.4) is 0 Å². The van der Waals surface area contributed by atoms with E-state index >= 15 is 0 Å². The molecular weight excluding hydrogens is 368 g/mol. The Morgan fingerprint density at radius 3 is 2.11 bits per heavy atom. The van der Waals surface area contributed by atoms with Crippen LogP contribution in [-0.2, 0) is 20.4 Å². The zero-order chi connectivity index (χ0) is 21.1. The predicted molar refractivity (Wildman–Crippen MR) is 115 cm³/mol. The summed E-state index contributed by atoms with van der Waals surface area (Å²) in [6.45, 7) is 13.1. The molecule has 0 aliphatic heterocycles. The van der Waals surface area contributed by atoms with Crippen molar-refractivity contribution in [2.45, 2.75) is 83.3 Å². The maximum absolute atomic E-state index is 13.2. The van der Waals surface area contributed by atoms with Crippen molar-refractivity contribution in [3.8, 4) is 0 Å². The van der Waals surface area contributed by atoms with Crippen molar-refractivity contribution in [2.75, 3.05) is 0 Å². The third-order valence-corrected chi connectivity index (χ3v) is 12.9. The highest BCUT2D eigenvalue weighted by molar-refractivity contribution is 6.80. The van der Waals surface area contributed by atoms with E-state index in [1.165, 1.54) is 5.56 Å². The molecule has 156 valence electrons. The molecule has 0 spiro atoms. The van der Waals surface area contributed by atoms with Gasteiger partial charge in [-0.15, -0.1) is 0 Å². The van der Waals surface area contributed by atoms with Gasteiger partial charge in [-0.1, -0.05) is 78.3 Å². The van der Waals surface area contributed by atoms with Crippen molar-refractivity contribution in [1.82, 2.24) is 0 Å². The van der Waals surface area contributed by atoms with E-state index in [1.54, 1.807) is 0 Å². The van der Waals surface area contributed by atoms with Crippen LogP contribution in [0.25, 0.3) is 0 Å². The van der Waals surface area contributed by atoms with Crippen LogP contribution in [0.4, 0.5) is 0 Å². The number of carbonyl (C=O) groups excluding carboxylic acids is 1. The summed E-state index contributed by atoms with van der Waals surface area (Å²) >= 11 is 0. The third kappa shape index (κ3) is 4.34. The van der Waals surface area contributed by atoms with E-state index < -0.39 is 26.1 Å². The highest BCUT2D eigenvalue weighted by atomic mass is 28.4. The van der Waals surface area contributed by atoms with Gasteiger partial charge >= 0.3 is 5.97 Å². The number of carbonyl (C=O) groups is 2. The lowest BCUT2D eigenvalue weighted by atomic mass is 9.97. The molecule has 4 nitrogen and oxygen atoms in total. The van der Waals surface area contributed by atoms with Gasteiger partial charge in [-0.2, -0.15) is 0 Å². The number of carboxylic acids is 1. The van der Waals surface area contributed by atoms with Crippen molar-refractivity contribution in [3.63, 3.8) is 0 Å². The summed E-state index contributed by atoms with van der Waals surface area (Å²) in [6, 6.07) is 10.3. The Morgan fingerprint density at radius 1 is 1.07 bits per heavy atom. The van der Waals surface area contributed by atoms with Gasteiger partial charge in [0.25, 0.3) is 14.3 Å². The zero-order valence-corrected chi connectivity index (χ0v) is 19.2. The molecule has 0 bridgehead atoms. The topological polar surface area (TPSA) is 63.6 Å². The molecule has 0 amide bonds. The second-order valence-corrected chi connectivity index (χ2v) is 15.0. The van der Waals surface area contributed by atoms with Gasteiger partial charge in [0.1, 0.15) is 0 Å². The summed E-state index contributed by atoms with van der Waals surface area (Å²) in [7, 11) is -2.60. The molecule has 1 aliphatic carbocycles. The van der Waals surface area contributed by atoms with Crippen LogP contribution in [0, 0.1) is 11.8 Å². The first-order valence-corrected chi connectivity index (χ1v) is 12.6. The second kappa shape index (κ2) is 8.81. The first kappa shape index (κ1) is 22.7. The Labute approximate surface area is 170 Å². The highest BCUT2D eigenvalue weighted by Gasteiger charge is 2.57. The van der Waals surface area contributed by atoms with Crippen molar-refractivity contribution in [3.05, 3.63) is 35.9 Å². The first-order valence-electron chi connectivity index (χ1n) is 10.5. The maximum Gasteiger partial charge on any atom is 0.307 e. The van der Waals surface area contributed by atoms with Gasteiger partial charge in [-0.3, -0.25) is 9.59 Å². The molecule has 0 heterocycles. The lowest BCUT2D eigenvalue weighted by Gasteiger charge is -2.49. The van der Waals surface area contributed by atoms with E-state index in [0.717, 1.165) is 12.8 Å². The molecule has 2 atom stereocenters. The van der Waals surface area contributed by atoms with Crippen LogP contribution in [0.2, 0.25) is 16.1 Å². The Morgan fingerprint density at radius 2 is 1.61 bits per heavy atom. The number of benzene rings is 1. The third-order valence-electron chi connectivity index (χ3n) is 6.67. The molecule has 1 saturated carbocycles. The van der Waals surface area contributed by atoms with E-state index in [0.29, 0.717) is 12.8 Å². The van der Waals surface area contributed by atoms with Gasteiger partial charge in [-0.05, 0) is 40.9 Å². The predicted octanol–water partition coefficient (Wildman–Crippen LogP) is 5.82. The molecule has 2 rings (SSSR count). The fraction of sp³-hybridized carbons (Fsp3) is 0.652. The standard InChI is InChI=1S/C23H36O4Si/c1-16(2)28(17(3)4,23(5,6)15-18-11-8-7-9-12-18)27-22(26)20-14-10-13-19(20)21(24)25/h7-9,11-12,16-17,19-20H,10,13-15H2,1-6H3,(H,24,25). The average Bonchev–Trinajstić information content (AvgIpc) is 3.09. The number of carboxylic acid groups (broad SMARTS) is 1. The molecule has 1 fully saturated rings. The lowest BCUT2D eigenvalue weighted by molar-refractivity contribution is -0.151. The molecule has 0 aromatic heterocycles.